The van der Waals surface area contributed by atoms with Gasteiger partial charge in [-0.3, -0.25) is 0 Å². The molecule has 0 aliphatic rings. The second-order valence-electron chi connectivity index (χ2n) is 6.08. The van der Waals surface area contributed by atoms with Crippen molar-refractivity contribution in [3.8, 4) is 21.8 Å². The zero-order valence-electron chi connectivity index (χ0n) is 13.6. The van der Waals surface area contributed by atoms with Crippen molar-refractivity contribution in [3.05, 3.63) is 65.7 Å². The number of benzene rings is 2. The molecule has 0 spiro atoms. The third kappa shape index (κ3) is 2.41. The van der Waals surface area contributed by atoms with E-state index < -0.39 is 0 Å². The first-order chi connectivity index (χ1) is 12.6. The number of hydrogen-bond acceptors (Lipinski definition) is 3. The summed E-state index contributed by atoms with van der Waals surface area (Å²) in [5.74, 6) is -0.259. The van der Waals surface area contributed by atoms with Crippen LogP contribution in [0.4, 0.5) is 4.39 Å². The first-order valence-electron chi connectivity index (χ1n) is 7.95. The van der Waals surface area contributed by atoms with Crippen molar-refractivity contribution in [2.45, 2.75) is 0 Å². The van der Waals surface area contributed by atoms with Crippen LogP contribution >= 0.6 is 22.9 Å². The van der Waals surface area contributed by atoms with Gasteiger partial charge >= 0.3 is 0 Å². The van der Waals surface area contributed by atoms with Gasteiger partial charge in [0.15, 0.2) is 0 Å². The first kappa shape index (κ1) is 15.5. The minimum absolute atomic E-state index is 0.259. The molecular formula is C19H12ClFN4S. The Morgan fingerprint density at radius 3 is 2.65 bits per heavy atom. The Labute approximate surface area is 157 Å². The molecule has 128 valence electrons. The van der Waals surface area contributed by atoms with Gasteiger partial charge in [-0.25, -0.2) is 13.9 Å². The van der Waals surface area contributed by atoms with Gasteiger partial charge in [-0.2, -0.15) is 5.10 Å². The zero-order valence-corrected chi connectivity index (χ0v) is 15.2. The molecular weight excluding hydrogens is 371 g/mol. The number of aryl methyl sites for hydroxylation is 1. The summed E-state index contributed by atoms with van der Waals surface area (Å²) in [7, 11) is 2.01. The fraction of sp³-hybridized carbons (Fsp3) is 0.0526. The summed E-state index contributed by atoms with van der Waals surface area (Å²) in [4.78, 5) is 5.42. The molecule has 3 aromatic heterocycles. The largest absolute Gasteiger partial charge is 0.350 e. The number of nitrogens with zero attached hydrogens (tertiary/aromatic N) is 4. The van der Waals surface area contributed by atoms with Crippen LogP contribution in [0, 0.1) is 5.82 Å². The van der Waals surface area contributed by atoms with Gasteiger partial charge in [-0.15, -0.1) is 0 Å². The van der Waals surface area contributed by atoms with Crippen molar-refractivity contribution in [1.29, 1.82) is 0 Å². The van der Waals surface area contributed by atoms with E-state index in [1.807, 2.05) is 31.4 Å². The molecule has 5 rings (SSSR count). The van der Waals surface area contributed by atoms with E-state index in [0.717, 1.165) is 37.7 Å². The van der Waals surface area contributed by atoms with Gasteiger partial charge < -0.3 is 4.57 Å². The molecule has 7 heteroatoms. The molecule has 0 aliphatic carbocycles. The Kier molecular flexibility index (Phi) is 3.38. The monoisotopic (exact) mass is 382 g/mol. The minimum Gasteiger partial charge on any atom is -0.350 e. The van der Waals surface area contributed by atoms with Gasteiger partial charge in [0.05, 0.1) is 11.9 Å². The van der Waals surface area contributed by atoms with E-state index in [1.165, 1.54) is 23.5 Å². The summed E-state index contributed by atoms with van der Waals surface area (Å²) in [6.07, 6.45) is 3.92. The van der Waals surface area contributed by atoms with E-state index >= 15 is 0 Å². The van der Waals surface area contributed by atoms with E-state index in [4.69, 9.17) is 11.6 Å². The average Bonchev–Trinajstić information content (AvgIpc) is 3.27. The maximum Gasteiger partial charge on any atom is 0.213 e. The van der Waals surface area contributed by atoms with Gasteiger partial charge in [-0.05, 0) is 42.5 Å². The molecule has 0 saturated carbocycles. The van der Waals surface area contributed by atoms with Crippen LogP contribution in [0.15, 0.2) is 54.9 Å². The van der Waals surface area contributed by atoms with Crippen LogP contribution in [0.25, 0.3) is 37.7 Å². The number of fused-ring (bicyclic) bond motifs is 2. The lowest BCUT2D eigenvalue weighted by molar-refractivity contribution is 0.628. The summed E-state index contributed by atoms with van der Waals surface area (Å²) < 4.78 is 16.9. The van der Waals surface area contributed by atoms with Gasteiger partial charge in [0, 0.05) is 40.3 Å². The highest BCUT2D eigenvalue weighted by Gasteiger charge is 2.15. The molecule has 0 N–H and O–H groups in total. The smallest absolute Gasteiger partial charge is 0.213 e. The molecule has 0 radical (unpaired) electrons. The number of imidazole rings is 1. The SMILES string of the molecule is Cn1cc(-c2nn3cc(-c4ccc(F)cc4)nc3s2)c2cc(Cl)ccc21. The topological polar surface area (TPSA) is 35.1 Å². The van der Waals surface area contributed by atoms with Crippen LogP contribution in [0.5, 0.6) is 0 Å². The first-order valence-corrected chi connectivity index (χ1v) is 9.15. The van der Waals surface area contributed by atoms with Gasteiger partial charge in [0.2, 0.25) is 4.96 Å². The summed E-state index contributed by atoms with van der Waals surface area (Å²) in [5, 5.41) is 7.33. The van der Waals surface area contributed by atoms with Crippen LogP contribution in [-0.2, 0) is 7.05 Å². The van der Waals surface area contributed by atoms with E-state index in [-0.39, 0.29) is 5.82 Å². The van der Waals surface area contributed by atoms with Crippen LogP contribution in [0.2, 0.25) is 5.02 Å². The minimum atomic E-state index is -0.259. The third-order valence-electron chi connectivity index (χ3n) is 4.37. The molecule has 0 amide bonds. The molecule has 0 aliphatic heterocycles. The van der Waals surface area contributed by atoms with Crippen LogP contribution in [0.3, 0.4) is 0 Å². The van der Waals surface area contributed by atoms with E-state index in [1.54, 1.807) is 16.6 Å². The zero-order chi connectivity index (χ0) is 17.8. The standard InChI is InChI=1S/C19H12ClFN4S/c1-24-9-15(14-8-12(20)4-7-17(14)24)18-23-25-10-16(22-19(25)26-18)11-2-5-13(21)6-3-11/h2-10H,1H3. The number of halogens is 2. The highest BCUT2D eigenvalue weighted by Crippen LogP contribution is 2.35. The van der Waals surface area contributed by atoms with Crippen LogP contribution in [0.1, 0.15) is 0 Å². The molecule has 26 heavy (non-hydrogen) atoms. The lowest BCUT2D eigenvalue weighted by Gasteiger charge is -1.96. The quantitative estimate of drug-likeness (QED) is 0.409. The average molecular weight is 383 g/mol. The Morgan fingerprint density at radius 2 is 1.88 bits per heavy atom. The Bertz CT molecular complexity index is 1230. The summed E-state index contributed by atoms with van der Waals surface area (Å²) >= 11 is 7.69. The van der Waals surface area contributed by atoms with E-state index in [9.17, 15) is 4.39 Å². The van der Waals surface area contributed by atoms with Crippen molar-refractivity contribution in [1.82, 2.24) is 19.2 Å². The van der Waals surface area contributed by atoms with Crippen LogP contribution < -0.4 is 0 Å². The molecule has 0 saturated heterocycles. The third-order valence-corrected chi connectivity index (χ3v) is 5.56. The van der Waals surface area contributed by atoms with Crippen molar-refractivity contribution in [2.75, 3.05) is 0 Å². The normalized spacial score (nSPS) is 11.7. The number of aromatic nitrogens is 4. The van der Waals surface area contributed by atoms with Crippen LogP contribution in [-0.4, -0.2) is 19.2 Å². The highest BCUT2D eigenvalue weighted by atomic mass is 35.5. The van der Waals surface area contributed by atoms with Gasteiger partial charge in [0.1, 0.15) is 10.8 Å². The Hall–Kier alpha value is -2.70. The fourth-order valence-electron chi connectivity index (χ4n) is 3.10. The summed E-state index contributed by atoms with van der Waals surface area (Å²) in [6.45, 7) is 0. The highest BCUT2D eigenvalue weighted by molar-refractivity contribution is 7.20. The number of hydrogen-bond donors (Lipinski definition) is 0. The Balaban J connectivity index is 1.62. The van der Waals surface area contributed by atoms with Crippen molar-refractivity contribution in [3.63, 3.8) is 0 Å². The van der Waals surface area contributed by atoms with Crippen molar-refractivity contribution in [2.24, 2.45) is 7.05 Å². The predicted octanol–water partition coefficient (Wildman–Crippen LogP) is 5.41. The molecule has 0 fully saturated rings. The lowest BCUT2D eigenvalue weighted by atomic mass is 10.2. The maximum atomic E-state index is 13.1. The molecule has 5 aromatic rings. The second-order valence-corrected chi connectivity index (χ2v) is 7.47. The fourth-order valence-corrected chi connectivity index (χ4v) is 4.18. The summed E-state index contributed by atoms with van der Waals surface area (Å²) in [5.41, 5.74) is 3.77. The molecule has 4 nitrogen and oxygen atoms in total. The maximum absolute atomic E-state index is 13.1. The molecule has 0 unspecified atom stereocenters. The number of rotatable bonds is 2. The predicted molar refractivity (Wildman–Crippen MR) is 103 cm³/mol. The van der Waals surface area contributed by atoms with Gasteiger partial charge in [-0.1, -0.05) is 22.9 Å². The second kappa shape index (κ2) is 5.65. The van der Waals surface area contributed by atoms with E-state index in [0.29, 0.717) is 5.02 Å². The molecule has 0 atom stereocenters. The molecule has 2 aromatic carbocycles. The van der Waals surface area contributed by atoms with Crippen molar-refractivity contribution >= 4 is 38.8 Å². The lowest BCUT2D eigenvalue weighted by Crippen LogP contribution is -1.83. The molecule has 0 bridgehead atoms. The van der Waals surface area contributed by atoms with E-state index in [2.05, 4.69) is 20.8 Å². The summed E-state index contributed by atoms with van der Waals surface area (Å²) in [6, 6.07) is 12.2. The van der Waals surface area contributed by atoms with Gasteiger partial charge in [0.25, 0.3) is 0 Å². The molecule has 3 heterocycles. The van der Waals surface area contributed by atoms with Crippen molar-refractivity contribution < 1.29 is 4.39 Å². The Morgan fingerprint density at radius 1 is 1.08 bits per heavy atom.